The summed E-state index contributed by atoms with van der Waals surface area (Å²) >= 11 is 0. The molecule has 0 radical (unpaired) electrons. The van der Waals surface area contributed by atoms with E-state index in [-0.39, 0.29) is 6.03 Å². The number of hydrogen-bond donors (Lipinski definition) is 2. The van der Waals surface area contributed by atoms with Crippen molar-refractivity contribution in [2.45, 2.75) is 19.3 Å². The van der Waals surface area contributed by atoms with Gasteiger partial charge in [-0.2, -0.15) is 0 Å². The molecule has 0 aromatic carbocycles. The molecular formula is C8H14N2O. The minimum absolute atomic E-state index is 0.0587. The van der Waals surface area contributed by atoms with Crippen molar-refractivity contribution in [3.8, 4) is 0 Å². The number of nitrogens with one attached hydrogen (secondary N) is 2. The van der Waals surface area contributed by atoms with E-state index in [9.17, 15) is 4.79 Å². The van der Waals surface area contributed by atoms with Crippen molar-refractivity contribution in [2.75, 3.05) is 13.1 Å². The highest BCUT2D eigenvalue weighted by Crippen LogP contribution is 1.95. The van der Waals surface area contributed by atoms with Gasteiger partial charge in [-0.15, -0.1) is 0 Å². The lowest BCUT2D eigenvalue weighted by molar-refractivity contribution is 0.241. The fourth-order valence-electron chi connectivity index (χ4n) is 1.00. The maximum Gasteiger partial charge on any atom is 0.315 e. The highest BCUT2D eigenvalue weighted by atomic mass is 16.2. The van der Waals surface area contributed by atoms with E-state index in [1.165, 1.54) is 0 Å². The predicted octanol–water partition coefficient (Wildman–Crippen LogP) is 1.03. The van der Waals surface area contributed by atoms with Gasteiger partial charge in [0, 0.05) is 13.1 Å². The van der Waals surface area contributed by atoms with Gasteiger partial charge in [0.05, 0.1) is 0 Å². The van der Waals surface area contributed by atoms with Crippen molar-refractivity contribution < 1.29 is 4.79 Å². The number of carbonyl (C=O) groups is 1. The number of allylic oxidation sites excluding steroid dienone is 1. The zero-order valence-corrected chi connectivity index (χ0v) is 6.60. The highest BCUT2D eigenvalue weighted by Gasteiger charge is 1.97. The second kappa shape index (κ2) is 4.77. The fourth-order valence-corrected chi connectivity index (χ4v) is 1.00. The summed E-state index contributed by atoms with van der Waals surface area (Å²) in [7, 11) is 0. The Labute approximate surface area is 66.9 Å². The third-order valence-electron chi connectivity index (χ3n) is 1.63. The van der Waals surface area contributed by atoms with Crippen LogP contribution in [0.2, 0.25) is 0 Å². The van der Waals surface area contributed by atoms with Crippen LogP contribution in [0.3, 0.4) is 0 Å². The normalized spacial score (nSPS) is 23.1. The van der Waals surface area contributed by atoms with E-state index in [2.05, 4.69) is 16.7 Å². The summed E-state index contributed by atoms with van der Waals surface area (Å²) in [5.74, 6) is 0. The van der Waals surface area contributed by atoms with E-state index in [0.717, 1.165) is 25.8 Å². The molecule has 1 rings (SSSR count). The average Bonchev–Trinajstić information content (AvgIpc) is 2.03. The quantitative estimate of drug-likeness (QED) is 0.503. The second-order valence-electron chi connectivity index (χ2n) is 2.60. The van der Waals surface area contributed by atoms with Crippen LogP contribution < -0.4 is 10.6 Å². The first-order valence-electron chi connectivity index (χ1n) is 4.06. The smallest absolute Gasteiger partial charge is 0.315 e. The largest absolute Gasteiger partial charge is 0.338 e. The van der Waals surface area contributed by atoms with Gasteiger partial charge in [-0.3, -0.25) is 0 Å². The van der Waals surface area contributed by atoms with Gasteiger partial charge in [0.25, 0.3) is 0 Å². The van der Waals surface area contributed by atoms with Gasteiger partial charge in [-0.05, 0) is 19.3 Å². The minimum Gasteiger partial charge on any atom is -0.338 e. The monoisotopic (exact) mass is 154 g/mol. The van der Waals surface area contributed by atoms with Gasteiger partial charge in [0.15, 0.2) is 0 Å². The van der Waals surface area contributed by atoms with Crippen LogP contribution in [-0.2, 0) is 0 Å². The van der Waals surface area contributed by atoms with Gasteiger partial charge < -0.3 is 10.6 Å². The number of urea groups is 1. The van der Waals surface area contributed by atoms with Crippen molar-refractivity contribution >= 4 is 6.03 Å². The summed E-state index contributed by atoms with van der Waals surface area (Å²) in [5, 5.41) is 5.48. The Kier molecular flexibility index (Phi) is 3.52. The molecule has 1 heterocycles. The molecule has 0 unspecified atom stereocenters. The van der Waals surface area contributed by atoms with E-state index in [1.54, 1.807) is 0 Å². The third kappa shape index (κ3) is 3.65. The molecule has 0 bridgehead atoms. The van der Waals surface area contributed by atoms with E-state index in [1.807, 2.05) is 6.08 Å². The SMILES string of the molecule is O=C1NC/C=C\CCCCN1. The molecule has 2 amide bonds. The zero-order chi connectivity index (χ0) is 7.94. The highest BCUT2D eigenvalue weighted by molar-refractivity contribution is 5.73. The van der Waals surface area contributed by atoms with Gasteiger partial charge in [-0.1, -0.05) is 12.2 Å². The third-order valence-corrected chi connectivity index (χ3v) is 1.63. The maximum absolute atomic E-state index is 10.8. The first-order valence-corrected chi connectivity index (χ1v) is 4.06. The van der Waals surface area contributed by atoms with Crippen LogP contribution in [0.15, 0.2) is 12.2 Å². The Morgan fingerprint density at radius 3 is 3.00 bits per heavy atom. The Hall–Kier alpha value is -0.990. The summed E-state index contributed by atoms with van der Waals surface area (Å²) in [6.07, 6.45) is 7.46. The lowest BCUT2D eigenvalue weighted by Gasteiger charge is -2.06. The standard InChI is InChI=1S/C8H14N2O/c11-8-9-6-4-2-1-3-5-7-10-8/h2,4H,1,3,5-7H2,(H2,9,10,11)/b4-2-. The molecule has 0 fully saturated rings. The van der Waals surface area contributed by atoms with Crippen LogP contribution in [0.5, 0.6) is 0 Å². The number of rotatable bonds is 0. The number of amides is 2. The molecule has 1 aliphatic rings. The van der Waals surface area contributed by atoms with Crippen LogP contribution in [0, 0.1) is 0 Å². The minimum atomic E-state index is -0.0587. The van der Waals surface area contributed by atoms with Crippen molar-refractivity contribution in [1.82, 2.24) is 10.6 Å². The Balaban J connectivity index is 2.29. The molecule has 3 heteroatoms. The van der Waals surface area contributed by atoms with Crippen LogP contribution in [0.1, 0.15) is 19.3 Å². The fraction of sp³-hybridized carbons (Fsp3) is 0.625. The van der Waals surface area contributed by atoms with Crippen LogP contribution in [0.4, 0.5) is 4.79 Å². The molecule has 0 atom stereocenters. The molecule has 1 aliphatic heterocycles. The van der Waals surface area contributed by atoms with E-state index < -0.39 is 0 Å². The van der Waals surface area contributed by atoms with Gasteiger partial charge in [0.2, 0.25) is 0 Å². The summed E-state index contributed by atoms with van der Waals surface area (Å²) in [4.78, 5) is 10.8. The molecule has 0 aromatic rings. The van der Waals surface area contributed by atoms with Gasteiger partial charge in [-0.25, -0.2) is 4.79 Å². The van der Waals surface area contributed by atoms with Crippen LogP contribution >= 0.6 is 0 Å². The first kappa shape index (κ1) is 8.11. The molecule has 3 nitrogen and oxygen atoms in total. The van der Waals surface area contributed by atoms with E-state index >= 15 is 0 Å². The Morgan fingerprint density at radius 1 is 1.18 bits per heavy atom. The first-order chi connectivity index (χ1) is 5.39. The molecule has 0 saturated carbocycles. The molecule has 0 spiro atoms. The van der Waals surface area contributed by atoms with E-state index in [0.29, 0.717) is 6.54 Å². The summed E-state index contributed by atoms with van der Waals surface area (Å²) in [6.45, 7) is 1.44. The Bertz CT molecular complexity index is 154. The Morgan fingerprint density at radius 2 is 2.09 bits per heavy atom. The molecule has 2 N–H and O–H groups in total. The maximum atomic E-state index is 10.8. The van der Waals surface area contributed by atoms with Crippen LogP contribution in [-0.4, -0.2) is 19.1 Å². The zero-order valence-electron chi connectivity index (χ0n) is 6.60. The summed E-state index contributed by atoms with van der Waals surface area (Å²) in [5.41, 5.74) is 0. The average molecular weight is 154 g/mol. The molecule has 11 heavy (non-hydrogen) atoms. The van der Waals surface area contributed by atoms with Crippen molar-refractivity contribution in [3.05, 3.63) is 12.2 Å². The lowest BCUT2D eigenvalue weighted by atomic mass is 10.2. The van der Waals surface area contributed by atoms with E-state index in [4.69, 9.17) is 0 Å². The molecule has 0 aromatic heterocycles. The molecule has 0 saturated heterocycles. The summed E-state index contributed by atoms with van der Waals surface area (Å²) in [6, 6.07) is -0.0587. The number of carbonyl (C=O) groups excluding carboxylic acids is 1. The molecule has 62 valence electrons. The second-order valence-corrected chi connectivity index (χ2v) is 2.60. The van der Waals surface area contributed by atoms with Crippen molar-refractivity contribution in [3.63, 3.8) is 0 Å². The van der Waals surface area contributed by atoms with Crippen molar-refractivity contribution in [1.29, 1.82) is 0 Å². The summed E-state index contributed by atoms with van der Waals surface area (Å²) < 4.78 is 0. The molecule has 0 aliphatic carbocycles. The molecular weight excluding hydrogens is 140 g/mol. The lowest BCUT2D eigenvalue weighted by Crippen LogP contribution is -2.36. The van der Waals surface area contributed by atoms with Crippen LogP contribution in [0.25, 0.3) is 0 Å². The van der Waals surface area contributed by atoms with Gasteiger partial charge in [0.1, 0.15) is 0 Å². The van der Waals surface area contributed by atoms with Crippen molar-refractivity contribution in [2.24, 2.45) is 0 Å². The predicted molar refractivity (Wildman–Crippen MR) is 44.4 cm³/mol. The van der Waals surface area contributed by atoms with Gasteiger partial charge >= 0.3 is 6.03 Å². The topological polar surface area (TPSA) is 41.1 Å². The number of hydrogen-bond acceptors (Lipinski definition) is 1.